The van der Waals surface area contributed by atoms with Crippen LogP contribution in [0, 0.1) is 6.92 Å². The number of carbonyl (C=O) groups excluding carboxylic acids is 2. The van der Waals surface area contributed by atoms with Crippen LogP contribution in [0.15, 0.2) is 53.3 Å². The van der Waals surface area contributed by atoms with E-state index in [1.807, 2.05) is 48.0 Å². The molecule has 2 amide bonds. The molecule has 3 heterocycles. The molecule has 1 aliphatic heterocycles. The molecule has 1 atom stereocenters. The lowest BCUT2D eigenvalue weighted by Gasteiger charge is -2.26. The predicted octanol–water partition coefficient (Wildman–Crippen LogP) is 3.70. The predicted molar refractivity (Wildman–Crippen MR) is 106 cm³/mol. The molecule has 0 spiro atoms. The number of amides is 2. The number of nitrogens with one attached hydrogen (secondary N) is 2. The first kappa shape index (κ1) is 18.4. The van der Waals surface area contributed by atoms with Crippen LogP contribution in [-0.4, -0.2) is 22.9 Å². The summed E-state index contributed by atoms with van der Waals surface area (Å²) in [6, 6.07) is 11.0. The van der Waals surface area contributed by atoms with Gasteiger partial charge >= 0.3 is 0 Å². The van der Waals surface area contributed by atoms with Crippen molar-refractivity contribution in [2.75, 3.05) is 6.54 Å². The zero-order chi connectivity index (χ0) is 19.7. The van der Waals surface area contributed by atoms with Gasteiger partial charge in [0.05, 0.1) is 18.8 Å². The van der Waals surface area contributed by atoms with Crippen molar-refractivity contribution in [1.29, 1.82) is 0 Å². The molecule has 1 unspecified atom stereocenters. The van der Waals surface area contributed by atoms with Crippen molar-refractivity contribution in [3.63, 3.8) is 0 Å². The van der Waals surface area contributed by atoms with Crippen LogP contribution in [0.1, 0.15) is 34.3 Å². The van der Waals surface area contributed by atoms with Crippen molar-refractivity contribution in [3.8, 4) is 11.1 Å². The SMILES string of the molecule is Cc1ccc(Cl)cc1-c1cc2n(c1)C(CC(=O)NCc1ccco1)CNC2=O. The number of aryl methyl sites for hydroxylation is 1. The smallest absolute Gasteiger partial charge is 0.268 e. The lowest BCUT2D eigenvalue weighted by atomic mass is 10.0. The number of halogens is 1. The fourth-order valence-electron chi connectivity index (χ4n) is 3.47. The van der Waals surface area contributed by atoms with Crippen LogP contribution in [0.4, 0.5) is 0 Å². The summed E-state index contributed by atoms with van der Waals surface area (Å²) in [4.78, 5) is 24.7. The number of benzene rings is 1. The number of furan rings is 1. The van der Waals surface area contributed by atoms with Crippen LogP contribution in [0.2, 0.25) is 5.02 Å². The zero-order valence-corrected chi connectivity index (χ0v) is 16.1. The van der Waals surface area contributed by atoms with E-state index in [9.17, 15) is 9.59 Å². The van der Waals surface area contributed by atoms with Crippen molar-refractivity contribution >= 4 is 23.4 Å². The van der Waals surface area contributed by atoms with E-state index in [0.29, 0.717) is 29.6 Å². The lowest BCUT2D eigenvalue weighted by Crippen LogP contribution is -2.40. The molecule has 0 saturated heterocycles. The summed E-state index contributed by atoms with van der Waals surface area (Å²) in [5, 5.41) is 6.36. The van der Waals surface area contributed by atoms with Gasteiger partial charge in [0.2, 0.25) is 5.91 Å². The third kappa shape index (κ3) is 3.68. The molecule has 0 fully saturated rings. The highest BCUT2D eigenvalue weighted by atomic mass is 35.5. The summed E-state index contributed by atoms with van der Waals surface area (Å²) in [7, 11) is 0. The second kappa shape index (κ2) is 7.56. The van der Waals surface area contributed by atoms with Crippen LogP contribution < -0.4 is 10.6 Å². The Kier molecular flexibility index (Phi) is 4.96. The maximum Gasteiger partial charge on any atom is 0.268 e. The summed E-state index contributed by atoms with van der Waals surface area (Å²) in [5.74, 6) is 0.460. The van der Waals surface area contributed by atoms with Crippen molar-refractivity contribution in [1.82, 2.24) is 15.2 Å². The maximum absolute atomic E-state index is 12.4. The molecule has 0 aliphatic carbocycles. The zero-order valence-electron chi connectivity index (χ0n) is 15.4. The normalized spacial score (nSPS) is 15.8. The first-order valence-corrected chi connectivity index (χ1v) is 9.45. The Labute approximate surface area is 167 Å². The Morgan fingerprint density at radius 1 is 1.36 bits per heavy atom. The van der Waals surface area contributed by atoms with E-state index in [4.69, 9.17) is 16.0 Å². The summed E-state index contributed by atoms with van der Waals surface area (Å²) in [6.07, 6.45) is 3.76. The van der Waals surface area contributed by atoms with Crippen LogP contribution in [0.25, 0.3) is 11.1 Å². The summed E-state index contributed by atoms with van der Waals surface area (Å²) < 4.78 is 7.12. The van der Waals surface area contributed by atoms with E-state index < -0.39 is 0 Å². The highest BCUT2D eigenvalue weighted by molar-refractivity contribution is 6.30. The third-order valence-electron chi connectivity index (χ3n) is 4.94. The lowest BCUT2D eigenvalue weighted by molar-refractivity contribution is -0.122. The monoisotopic (exact) mass is 397 g/mol. The van der Waals surface area contributed by atoms with Gasteiger partial charge in [0.15, 0.2) is 0 Å². The van der Waals surface area contributed by atoms with E-state index >= 15 is 0 Å². The Morgan fingerprint density at radius 2 is 2.21 bits per heavy atom. The highest BCUT2D eigenvalue weighted by Crippen LogP contribution is 2.31. The van der Waals surface area contributed by atoms with E-state index in [0.717, 1.165) is 16.7 Å². The van der Waals surface area contributed by atoms with Gasteiger partial charge in [-0.3, -0.25) is 9.59 Å². The fraction of sp³-hybridized carbons (Fsp3) is 0.238. The topological polar surface area (TPSA) is 76.3 Å². The van der Waals surface area contributed by atoms with Crippen LogP contribution >= 0.6 is 11.6 Å². The molecule has 0 saturated carbocycles. The van der Waals surface area contributed by atoms with Gasteiger partial charge in [0, 0.05) is 29.7 Å². The molecule has 0 bridgehead atoms. The van der Waals surface area contributed by atoms with E-state index in [1.54, 1.807) is 12.3 Å². The summed E-state index contributed by atoms with van der Waals surface area (Å²) in [6.45, 7) is 2.75. The van der Waals surface area contributed by atoms with Gasteiger partial charge in [-0.25, -0.2) is 0 Å². The average Bonchev–Trinajstić information content (AvgIpc) is 3.34. The quantitative estimate of drug-likeness (QED) is 0.689. The Bertz CT molecular complexity index is 1020. The molecule has 2 aromatic heterocycles. The van der Waals surface area contributed by atoms with E-state index in [2.05, 4.69) is 10.6 Å². The number of fused-ring (bicyclic) bond motifs is 1. The molecular weight excluding hydrogens is 378 g/mol. The molecule has 6 nitrogen and oxygen atoms in total. The molecule has 0 radical (unpaired) electrons. The Morgan fingerprint density at radius 3 is 3.00 bits per heavy atom. The minimum atomic E-state index is -0.155. The van der Waals surface area contributed by atoms with Gasteiger partial charge in [0.1, 0.15) is 11.5 Å². The molecule has 7 heteroatoms. The first-order valence-electron chi connectivity index (χ1n) is 9.07. The maximum atomic E-state index is 12.4. The standard InChI is InChI=1S/C21H20ClN3O3/c1-13-4-5-15(22)8-18(13)14-7-19-21(27)24-10-16(25(19)12-14)9-20(26)23-11-17-3-2-6-28-17/h2-8,12,16H,9-11H2,1H3,(H,23,26)(H,24,27). The number of carbonyl (C=O) groups is 2. The summed E-state index contributed by atoms with van der Waals surface area (Å²) in [5.41, 5.74) is 3.50. The molecule has 4 rings (SSSR count). The molecule has 144 valence electrons. The van der Waals surface area contributed by atoms with Crippen molar-refractivity contribution < 1.29 is 14.0 Å². The number of hydrogen-bond acceptors (Lipinski definition) is 3. The van der Waals surface area contributed by atoms with E-state index in [-0.39, 0.29) is 24.3 Å². The van der Waals surface area contributed by atoms with Crippen LogP contribution in [0.5, 0.6) is 0 Å². The number of aromatic nitrogens is 1. The molecule has 28 heavy (non-hydrogen) atoms. The number of hydrogen-bond donors (Lipinski definition) is 2. The second-order valence-electron chi connectivity index (χ2n) is 6.90. The minimum absolute atomic E-state index is 0.0994. The molecule has 2 N–H and O–H groups in total. The van der Waals surface area contributed by atoms with Crippen LogP contribution in [-0.2, 0) is 11.3 Å². The number of rotatable bonds is 5. The second-order valence-corrected chi connectivity index (χ2v) is 7.34. The Balaban J connectivity index is 1.55. The van der Waals surface area contributed by atoms with Crippen molar-refractivity contribution in [2.24, 2.45) is 0 Å². The summed E-state index contributed by atoms with van der Waals surface area (Å²) >= 11 is 6.15. The largest absolute Gasteiger partial charge is 0.467 e. The van der Waals surface area contributed by atoms with Gasteiger partial charge in [-0.2, -0.15) is 0 Å². The van der Waals surface area contributed by atoms with Gasteiger partial charge in [-0.15, -0.1) is 0 Å². The molecule has 1 aliphatic rings. The average molecular weight is 398 g/mol. The van der Waals surface area contributed by atoms with Gasteiger partial charge in [-0.05, 0) is 48.4 Å². The van der Waals surface area contributed by atoms with E-state index in [1.165, 1.54) is 0 Å². The molecular formula is C21H20ClN3O3. The minimum Gasteiger partial charge on any atom is -0.467 e. The van der Waals surface area contributed by atoms with Gasteiger partial charge in [-0.1, -0.05) is 17.7 Å². The Hall–Kier alpha value is -2.99. The van der Waals surface area contributed by atoms with Gasteiger partial charge < -0.3 is 19.6 Å². The number of nitrogens with zero attached hydrogens (tertiary/aromatic N) is 1. The molecule has 1 aromatic carbocycles. The van der Waals surface area contributed by atoms with Crippen molar-refractivity contribution in [2.45, 2.75) is 25.9 Å². The third-order valence-corrected chi connectivity index (χ3v) is 5.18. The fourth-order valence-corrected chi connectivity index (χ4v) is 3.64. The molecule has 3 aromatic rings. The van der Waals surface area contributed by atoms with Gasteiger partial charge in [0.25, 0.3) is 5.91 Å². The van der Waals surface area contributed by atoms with Crippen LogP contribution in [0.3, 0.4) is 0 Å². The first-order chi connectivity index (χ1) is 13.5. The highest BCUT2D eigenvalue weighted by Gasteiger charge is 2.27. The van der Waals surface area contributed by atoms with Crippen molar-refractivity contribution in [3.05, 3.63) is 70.9 Å².